The van der Waals surface area contributed by atoms with Gasteiger partial charge in [-0.15, -0.1) is 0 Å². The third-order valence-corrected chi connectivity index (χ3v) is 7.27. The molecule has 7 nitrogen and oxygen atoms in total. The number of pyridine rings is 1. The smallest absolute Gasteiger partial charge is 0.272 e. The molecule has 0 radical (unpaired) electrons. The first kappa shape index (κ1) is 24.2. The van der Waals surface area contributed by atoms with Crippen LogP contribution in [0, 0.1) is 17.7 Å². The quantitative estimate of drug-likeness (QED) is 0.370. The van der Waals surface area contributed by atoms with Gasteiger partial charge in [-0.05, 0) is 79.6 Å². The summed E-state index contributed by atoms with van der Waals surface area (Å²) < 4.78 is 32.2. The number of hydrogen-bond acceptors (Lipinski definition) is 5. The summed E-state index contributed by atoms with van der Waals surface area (Å²) in [5.41, 5.74) is 3.64. The molecular weight excluding hydrogens is 490 g/mol. The number of benzene rings is 2. The van der Waals surface area contributed by atoms with E-state index in [-0.39, 0.29) is 24.1 Å². The molecular formula is C29H26F2N4O3. The molecule has 1 aliphatic heterocycles. The van der Waals surface area contributed by atoms with Crippen LogP contribution in [0.15, 0.2) is 65.2 Å². The van der Waals surface area contributed by atoms with E-state index in [2.05, 4.69) is 15.3 Å². The summed E-state index contributed by atoms with van der Waals surface area (Å²) >= 11 is 0. The molecule has 6 rings (SSSR count). The maximum absolute atomic E-state index is 13.2. The first-order valence-electron chi connectivity index (χ1n) is 12.8. The first-order chi connectivity index (χ1) is 18.4. The lowest BCUT2D eigenvalue weighted by molar-refractivity contribution is -0.117. The summed E-state index contributed by atoms with van der Waals surface area (Å²) in [6.07, 6.45) is 3.38. The number of nitrogens with one attached hydrogen (secondary N) is 1. The van der Waals surface area contributed by atoms with Crippen LogP contribution in [-0.4, -0.2) is 45.9 Å². The number of aromatic nitrogens is 2. The minimum absolute atomic E-state index is 0.139. The van der Waals surface area contributed by atoms with Gasteiger partial charge in [-0.2, -0.15) is 0 Å². The van der Waals surface area contributed by atoms with Gasteiger partial charge in [0.1, 0.15) is 23.2 Å². The molecule has 1 N–H and O–H groups in total. The monoisotopic (exact) mass is 516 g/mol. The highest BCUT2D eigenvalue weighted by atomic mass is 19.1. The molecule has 1 aliphatic carbocycles. The van der Waals surface area contributed by atoms with Crippen molar-refractivity contribution >= 4 is 28.6 Å². The van der Waals surface area contributed by atoms with E-state index >= 15 is 0 Å². The largest absolute Gasteiger partial charge is 0.436 e. The SMILES string of the molecule is O=C(Nc1ccc2oc(-c3ccnc(C(=O)N4CCC(Cc5ccc(F)cc5)CC4)c3)nc2c1)[C@@H]1C[C@@H]1F. The molecule has 0 bridgehead atoms. The predicted octanol–water partition coefficient (Wildman–Crippen LogP) is 5.42. The minimum atomic E-state index is -1.06. The van der Waals surface area contributed by atoms with Gasteiger partial charge < -0.3 is 14.6 Å². The molecule has 2 atom stereocenters. The first-order valence-corrected chi connectivity index (χ1v) is 12.8. The van der Waals surface area contributed by atoms with Gasteiger partial charge in [0.15, 0.2) is 5.58 Å². The van der Waals surface area contributed by atoms with E-state index in [1.807, 2.05) is 17.0 Å². The fourth-order valence-corrected chi connectivity index (χ4v) is 4.94. The maximum atomic E-state index is 13.2. The normalized spacial score (nSPS) is 19.5. The fraction of sp³-hybridized carbons (Fsp3) is 0.310. The second kappa shape index (κ2) is 9.96. The Morgan fingerprint density at radius 2 is 1.82 bits per heavy atom. The van der Waals surface area contributed by atoms with Crippen LogP contribution in [0.4, 0.5) is 14.5 Å². The number of rotatable bonds is 6. The Bertz CT molecular complexity index is 1500. The van der Waals surface area contributed by atoms with Crippen molar-refractivity contribution < 1.29 is 22.8 Å². The second-order valence-electron chi connectivity index (χ2n) is 10.0. The lowest BCUT2D eigenvalue weighted by atomic mass is 9.90. The number of nitrogens with zero attached hydrogens (tertiary/aromatic N) is 3. The zero-order valence-corrected chi connectivity index (χ0v) is 20.6. The van der Waals surface area contributed by atoms with E-state index in [9.17, 15) is 18.4 Å². The maximum Gasteiger partial charge on any atom is 0.272 e. The topological polar surface area (TPSA) is 88.3 Å². The van der Waals surface area contributed by atoms with Crippen LogP contribution in [0.2, 0.25) is 0 Å². The standard InChI is InChI=1S/C29H26F2N4O3/c30-20-3-1-17(2-4-20)13-18-8-11-35(12-9-18)29(37)25-14-19(7-10-32-25)28-34-24-15-21(5-6-26(24)38-28)33-27(36)22-16-23(22)31/h1-7,10,14-15,18,22-23H,8-9,11-13,16H2,(H,33,36)/t22-,23+/m1/s1. The Hall–Kier alpha value is -4.14. The average molecular weight is 517 g/mol. The van der Waals surface area contributed by atoms with Gasteiger partial charge in [0.25, 0.3) is 5.91 Å². The van der Waals surface area contributed by atoms with E-state index in [1.54, 1.807) is 36.5 Å². The highest BCUT2D eigenvalue weighted by Crippen LogP contribution is 2.35. The molecule has 0 spiro atoms. The number of anilines is 1. The lowest BCUT2D eigenvalue weighted by Gasteiger charge is -2.32. The molecule has 38 heavy (non-hydrogen) atoms. The van der Waals surface area contributed by atoms with Crippen LogP contribution in [0.5, 0.6) is 0 Å². The van der Waals surface area contributed by atoms with E-state index in [4.69, 9.17) is 4.42 Å². The summed E-state index contributed by atoms with van der Waals surface area (Å²) in [6, 6.07) is 15.1. The molecule has 2 aromatic heterocycles. The van der Waals surface area contributed by atoms with Gasteiger partial charge in [0.2, 0.25) is 11.8 Å². The van der Waals surface area contributed by atoms with Crippen LogP contribution < -0.4 is 5.32 Å². The van der Waals surface area contributed by atoms with Crippen molar-refractivity contribution in [3.63, 3.8) is 0 Å². The molecule has 194 valence electrons. The summed E-state index contributed by atoms with van der Waals surface area (Å²) in [4.78, 5) is 35.9. The van der Waals surface area contributed by atoms with E-state index in [0.717, 1.165) is 24.8 Å². The number of likely N-dealkylation sites (tertiary alicyclic amines) is 1. The Labute approximate surface area is 217 Å². The third kappa shape index (κ3) is 5.14. The van der Waals surface area contributed by atoms with E-state index in [1.165, 1.54) is 12.1 Å². The molecule has 9 heteroatoms. The van der Waals surface area contributed by atoms with Gasteiger partial charge >= 0.3 is 0 Å². The number of amides is 2. The molecule has 4 aromatic rings. The molecule has 1 saturated heterocycles. The Kier molecular flexibility index (Phi) is 6.35. The number of oxazole rings is 1. The molecule has 2 fully saturated rings. The van der Waals surface area contributed by atoms with Crippen molar-refractivity contribution in [2.24, 2.45) is 11.8 Å². The van der Waals surface area contributed by atoms with Crippen LogP contribution in [0.1, 0.15) is 35.3 Å². The van der Waals surface area contributed by atoms with Crippen LogP contribution in [0.25, 0.3) is 22.6 Å². The summed E-state index contributed by atoms with van der Waals surface area (Å²) in [5.74, 6) is -0.505. The lowest BCUT2D eigenvalue weighted by Crippen LogP contribution is -2.39. The molecule has 0 unspecified atom stereocenters. The molecule has 1 saturated carbocycles. The molecule has 2 amide bonds. The van der Waals surface area contributed by atoms with E-state index < -0.39 is 12.1 Å². The molecule has 2 aliphatic rings. The van der Waals surface area contributed by atoms with Gasteiger partial charge in [-0.25, -0.2) is 13.8 Å². The highest BCUT2D eigenvalue weighted by Gasteiger charge is 2.43. The highest BCUT2D eigenvalue weighted by molar-refractivity contribution is 5.96. The number of carbonyl (C=O) groups is 2. The second-order valence-corrected chi connectivity index (χ2v) is 10.0. The minimum Gasteiger partial charge on any atom is -0.436 e. The molecule has 2 aromatic carbocycles. The summed E-state index contributed by atoms with van der Waals surface area (Å²) in [5, 5.41) is 2.72. The van der Waals surface area contributed by atoms with Crippen LogP contribution in [0.3, 0.4) is 0 Å². The summed E-state index contributed by atoms with van der Waals surface area (Å²) in [7, 11) is 0. The van der Waals surface area contributed by atoms with Gasteiger partial charge in [0.05, 0.1) is 5.92 Å². The zero-order valence-electron chi connectivity index (χ0n) is 20.6. The van der Waals surface area contributed by atoms with Gasteiger partial charge in [-0.1, -0.05) is 12.1 Å². The van der Waals surface area contributed by atoms with Crippen molar-refractivity contribution in [2.45, 2.75) is 31.9 Å². The van der Waals surface area contributed by atoms with Crippen molar-refractivity contribution in [3.05, 3.63) is 77.9 Å². The third-order valence-electron chi connectivity index (χ3n) is 7.27. The average Bonchev–Trinajstić information content (AvgIpc) is 3.52. The number of halogens is 2. The summed E-state index contributed by atoms with van der Waals surface area (Å²) in [6.45, 7) is 1.27. The van der Waals surface area contributed by atoms with Crippen LogP contribution in [-0.2, 0) is 11.2 Å². The number of fused-ring (bicyclic) bond motifs is 1. The number of piperidine rings is 1. The fourth-order valence-electron chi connectivity index (χ4n) is 4.94. The zero-order chi connectivity index (χ0) is 26.2. The van der Waals surface area contributed by atoms with Crippen LogP contribution >= 0.6 is 0 Å². The Balaban J connectivity index is 1.11. The molecule has 3 heterocycles. The van der Waals surface area contributed by atoms with Crippen molar-refractivity contribution in [3.8, 4) is 11.5 Å². The number of carbonyl (C=O) groups excluding carboxylic acids is 2. The van der Waals surface area contributed by atoms with Gasteiger partial charge in [0, 0.05) is 30.5 Å². The Morgan fingerprint density at radius 1 is 1.05 bits per heavy atom. The van der Waals surface area contributed by atoms with Crippen molar-refractivity contribution in [1.82, 2.24) is 14.9 Å². The van der Waals surface area contributed by atoms with E-state index in [0.29, 0.717) is 52.9 Å². The Morgan fingerprint density at radius 3 is 2.55 bits per heavy atom. The number of alkyl halides is 1. The number of hydrogen-bond donors (Lipinski definition) is 1. The predicted molar refractivity (Wildman–Crippen MR) is 138 cm³/mol. The van der Waals surface area contributed by atoms with Crippen molar-refractivity contribution in [2.75, 3.05) is 18.4 Å². The van der Waals surface area contributed by atoms with Crippen molar-refractivity contribution in [1.29, 1.82) is 0 Å². The van der Waals surface area contributed by atoms with Gasteiger partial charge in [-0.3, -0.25) is 14.6 Å².